The molecule has 9 heteroatoms. The fraction of sp³-hybridized carbons (Fsp3) is 0.364. The molecule has 0 aliphatic carbocycles. The van der Waals surface area contributed by atoms with Crippen molar-refractivity contribution in [1.82, 2.24) is 19.9 Å². The monoisotopic (exact) mass is 440 g/mol. The van der Waals surface area contributed by atoms with Crippen LogP contribution < -0.4 is 5.32 Å². The van der Waals surface area contributed by atoms with Crippen LogP contribution in [0.2, 0.25) is 5.02 Å². The summed E-state index contributed by atoms with van der Waals surface area (Å²) in [6.45, 7) is 1.29. The molecule has 0 saturated heterocycles. The van der Waals surface area contributed by atoms with Gasteiger partial charge in [-0.2, -0.15) is 0 Å². The topological polar surface area (TPSA) is 106 Å². The second kappa shape index (κ2) is 9.34. The molecule has 1 amide bonds. The molecule has 3 N–H and O–H groups in total. The van der Waals surface area contributed by atoms with E-state index in [1.165, 1.54) is 6.33 Å². The quantitative estimate of drug-likeness (QED) is 0.488. The number of nitrogens with zero attached hydrogens (tertiary/aromatic N) is 4. The number of fused-ring (bicyclic) bond motifs is 2. The largest absolute Gasteiger partial charge is 0.494 e. The molecule has 162 valence electrons. The van der Waals surface area contributed by atoms with E-state index in [1.807, 2.05) is 25.2 Å². The summed E-state index contributed by atoms with van der Waals surface area (Å²) >= 11 is 6.36. The Bertz CT molecular complexity index is 1130. The molecule has 0 fully saturated rings. The maximum atomic E-state index is 12.4. The van der Waals surface area contributed by atoms with Crippen molar-refractivity contribution in [3.8, 4) is 5.88 Å². The average Bonchev–Trinajstić information content (AvgIpc) is 3.09. The Morgan fingerprint density at radius 2 is 2.00 bits per heavy atom. The predicted molar refractivity (Wildman–Crippen MR) is 123 cm³/mol. The van der Waals surface area contributed by atoms with E-state index in [0.717, 1.165) is 36.9 Å². The molecule has 0 radical (unpaired) electrons. The summed E-state index contributed by atoms with van der Waals surface area (Å²) < 4.78 is 0. The molecule has 1 aromatic carbocycles. The summed E-state index contributed by atoms with van der Waals surface area (Å²) in [5.41, 5.74) is 2.77. The molecule has 4 rings (SSSR count). The zero-order chi connectivity index (χ0) is 21.8. The van der Waals surface area contributed by atoms with Gasteiger partial charge in [0, 0.05) is 37.8 Å². The van der Waals surface area contributed by atoms with Gasteiger partial charge in [-0.3, -0.25) is 9.79 Å². The van der Waals surface area contributed by atoms with Crippen molar-refractivity contribution in [1.29, 1.82) is 0 Å². The minimum atomic E-state index is -0.0174. The highest BCUT2D eigenvalue weighted by Gasteiger charge is 2.16. The number of aromatic amines is 1. The highest BCUT2D eigenvalue weighted by molar-refractivity contribution is 6.31. The molecule has 0 atom stereocenters. The number of anilines is 1. The van der Waals surface area contributed by atoms with Crippen LogP contribution in [0, 0.1) is 0 Å². The van der Waals surface area contributed by atoms with E-state index in [0.29, 0.717) is 46.9 Å². The van der Waals surface area contributed by atoms with Gasteiger partial charge in [-0.05, 0) is 49.4 Å². The molecule has 0 saturated carbocycles. The minimum absolute atomic E-state index is 0.0174. The Labute approximate surface area is 185 Å². The zero-order valence-electron chi connectivity index (χ0n) is 17.4. The molecule has 0 spiro atoms. The van der Waals surface area contributed by atoms with Gasteiger partial charge >= 0.3 is 0 Å². The maximum absolute atomic E-state index is 12.4. The van der Waals surface area contributed by atoms with E-state index < -0.39 is 0 Å². The van der Waals surface area contributed by atoms with Gasteiger partial charge in [0.15, 0.2) is 5.88 Å². The summed E-state index contributed by atoms with van der Waals surface area (Å²) in [5.74, 6) is 0.735. The van der Waals surface area contributed by atoms with Crippen molar-refractivity contribution in [2.75, 3.05) is 25.5 Å². The number of carbonyl (C=O) groups excluding carboxylic acids is 1. The number of carbonyl (C=O) groups is 1. The number of aromatic hydroxyl groups is 1. The third-order valence-corrected chi connectivity index (χ3v) is 5.82. The van der Waals surface area contributed by atoms with Crippen LogP contribution in [0.1, 0.15) is 36.8 Å². The maximum Gasteiger partial charge on any atom is 0.222 e. The van der Waals surface area contributed by atoms with E-state index in [2.05, 4.69) is 25.3 Å². The number of amides is 1. The molecule has 3 heterocycles. The number of rotatable bonds is 0. The van der Waals surface area contributed by atoms with Crippen LogP contribution >= 0.6 is 11.6 Å². The first kappa shape index (κ1) is 21.1. The molecule has 2 bridgehead atoms. The zero-order valence-corrected chi connectivity index (χ0v) is 18.1. The van der Waals surface area contributed by atoms with Crippen molar-refractivity contribution >= 4 is 46.3 Å². The van der Waals surface area contributed by atoms with Gasteiger partial charge in [0.25, 0.3) is 0 Å². The lowest BCUT2D eigenvalue weighted by molar-refractivity contribution is -0.130. The van der Waals surface area contributed by atoms with E-state index in [-0.39, 0.29) is 11.8 Å². The van der Waals surface area contributed by atoms with Gasteiger partial charge in [-0.25, -0.2) is 9.97 Å². The minimum Gasteiger partial charge on any atom is -0.494 e. The van der Waals surface area contributed by atoms with Crippen LogP contribution in [0.25, 0.3) is 11.0 Å². The van der Waals surface area contributed by atoms with E-state index in [4.69, 9.17) is 11.6 Å². The van der Waals surface area contributed by atoms with E-state index in [1.54, 1.807) is 11.1 Å². The Morgan fingerprint density at radius 3 is 2.87 bits per heavy atom. The second-order valence-electron chi connectivity index (χ2n) is 7.67. The molecule has 3 aromatic rings. The first-order chi connectivity index (χ1) is 15.0. The second-order valence-corrected chi connectivity index (χ2v) is 8.08. The first-order valence-electron chi connectivity index (χ1n) is 10.4. The molecule has 2 aromatic heterocycles. The molecule has 1 aliphatic rings. The van der Waals surface area contributed by atoms with Crippen LogP contribution in [0.4, 0.5) is 11.5 Å². The number of aromatic nitrogens is 3. The van der Waals surface area contributed by atoms with Crippen molar-refractivity contribution in [3.05, 3.63) is 40.7 Å². The van der Waals surface area contributed by atoms with Crippen LogP contribution in [-0.2, 0) is 11.2 Å². The molecule has 0 unspecified atom stereocenters. The van der Waals surface area contributed by atoms with Crippen LogP contribution in [0.3, 0.4) is 0 Å². The standard InChI is InChI=1S/C22H25ClN6O2/c1-29-10-4-9-24-20-19-16(22(31)28-21(19)27-13-26-20)12-25-15-7-8-17(23)14(11-15)5-2-3-6-18(29)30/h7-8,11-13,31H,2-6,9-10H2,1H3,(H2,24,26,27,28). The Hall–Kier alpha value is -3.13. The number of H-pyrrole nitrogens is 1. The first-order valence-corrected chi connectivity index (χ1v) is 10.8. The third kappa shape index (κ3) is 4.80. The molecular formula is C22H25ClN6O2. The predicted octanol–water partition coefficient (Wildman–Crippen LogP) is 4.05. The van der Waals surface area contributed by atoms with Gasteiger partial charge in [-0.15, -0.1) is 0 Å². The number of hydrogen-bond acceptors (Lipinski definition) is 6. The van der Waals surface area contributed by atoms with Crippen LogP contribution in [0.15, 0.2) is 29.5 Å². The summed E-state index contributed by atoms with van der Waals surface area (Å²) in [6, 6.07) is 5.60. The number of hydrogen-bond donors (Lipinski definition) is 3. The number of halogens is 1. The number of benzene rings is 1. The number of nitrogens with one attached hydrogen (secondary N) is 2. The van der Waals surface area contributed by atoms with Crippen molar-refractivity contribution in [2.24, 2.45) is 4.99 Å². The van der Waals surface area contributed by atoms with Gasteiger partial charge in [0.05, 0.1) is 16.6 Å². The summed E-state index contributed by atoms with van der Waals surface area (Å²) in [6.07, 6.45) is 6.81. The van der Waals surface area contributed by atoms with Crippen LogP contribution in [0.5, 0.6) is 5.88 Å². The van der Waals surface area contributed by atoms with E-state index >= 15 is 0 Å². The normalized spacial score (nSPS) is 16.1. The van der Waals surface area contributed by atoms with Crippen molar-refractivity contribution in [2.45, 2.75) is 32.1 Å². The highest BCUT2D eigenvalue weighted by Crippen LogP contribution is 2.30. The highest BCUT2D eigenvalue weighted by atomic mass is 35.5. The van der Waals surface area contributed by atoms with Crippen molar-refractivity contribution < 1.29 is 9.90 Å². The lowest BCUT2D eigenvalue weighted by Crippen LogP contribution is -2.28. The Balaban J connectivity index is 1.71. The summed E-state index contributed by atoms with van der Waals surface area (Å²) in [7, 11) is 1.84. The fourth-order valence-corrected chi connectivity index (χ4v) is 3.91. The Morgan fingerprint density at radius 1 is 1.16 bits per heavy atom. The molecule has 1 aliphatic heterocycles. The Kier molecular flexibility index (Phi) is 6.36. The van der Waals surface area contributed by atoms with Gasteiger partial charge < -0.3 is 20.3 Å². The SMILES string of the molecule is CN1CCCNc2ncnc3[nH]c(O)c(c23)C=Nc2ccc(Cl)c(c2)CCCCC1=O. The lowest BCUT2D eigenvalue weighted by Gasteiger charge is -2.17. The molecule has 31 heavy (non-hydrogen) atoms. The van der Waals surface area contributed by atoms with Gasteiger partial charge in [-0.1, -0.05) is 11.6 Å². The fourth-order valence-electron chi connectivity index (χ4n) is 3.70. The summed E-state index contributed by atoms with van der Waals surface area (Å²) in [4.78, 5) is 30.1. The van der Waals surface area contributed by atoms with Crippen molar-refractivity contribution in [3.63, 3.8) is 0 Å². The van der Waals surface area contributed by atoms with Gasteiger partial charge in [0.2, 0.25) is 5.91 Å². The van der Waals surface area contributed by atoms with Gasteiger partial charge in [0.1, 0.15) is 17.8 Å². The molecular weight excluding hydrogens is 416 g/mol. The average molecular weight is 441 g/mol. The smallest absolute Gasteiger partial charge is 0.222 e. The van der Waals surface area contributed by atoms with Crippen LogP contribution in [-0.4, -0.2) is 57.2 Å². The third-order valence-electron chi connectivity index (χ3n) is 5.46. The lowest BCUT2D eigenvalue weighted by atomic mass is 10.1. The summed E-state index contributed by atoms with van der Waals surface area (Å²) in [5, 5.41) is 15.1. The number of aryl methyl sites for hydroxylation is 1. The number of aliphatic imine (C=N–C) groups is 1. The molecule has 8 nitrogen and oxygen atoms in total. The van der Waals surface area contributed by atoms with E-state index in [9.17, 15) is 9.90 Å².